The molecular formula is C28H32N4O2S. The molecule has 0 radical (unpaired) electrons. The minimum Gasteiger partial charge on any atom is -0.481 e. The van der Waals surface area contributed by atoms with Gasteiger partial charge in [-0.1, -0.05) is 62.4 Å². The molecule has 0 aliphatic carbocycles. The molecule has 1 atom stereocenters. The Morgan fingerprint density at radius 1 is 1.23 bits per heavy atom. The first kappa shape index (κ1) is 25.0. The number of rotatable bonds is 9. The van der Waals surface area contributed by atoms with Gasteiger partial charge in [0.1, 0.15) is 10.0 Å². The highest BCUT2D eigenvalue weighted by Gasteiger charge is 2.27. The van der Waals surface area contributed by atoms with Crippen molar-refractivity contribution in [3.8, 4) is 27.2 Å². The lowest BCUT2D eigenvalue weighted by atomic mass is 9.97. The fraction of sp³-hybridized carbons (Fsp3) is 0.429. The summed E-state index contributed by atoms with van der Waals surface area (Å²) in [5.74, 6) is -0.440. The average Bonchev–Trinajstić information content (AvgIpc) is 3.52. The van der Waals surface area contributed by atoms with Crippen molar-refractivity contribution in [1.82, 2.24) is 15.1 Å². The summed E-state index contributed by atoms with van der Waals surface area (Å²) < 4.78 is 0. The standard InChI is InChI=1S/C28H32N4O2S/c1-4-24-19(10-12-32-13-11-22(17-32)28(33)34)6-5-7-25(24)27-31-30-26(35-27)21-9-8-20(14-18(2)3)23(15-21)16-29/h5-9,15,18,22H,4,10-14,17H2,1-3H3,(H,33,34). The van der Waals surface area contributed by atoms with E-state index >= 15 is 0 Å². The van der Waals surface area contributed by atoms with Gasteiger partial charge in [-0.15, -0.1) is 10.2 Å². The predicted octanol–water partition coefficient (Wildman–Crippen LogP) is 5.45. The van der Waals surface area contributed by atoms with Crippen LogP contribution < -0.4 is 0 Å². The minimum absolute atomic E-state index is 0.243. The molecule has 2 heterocycles. The van der Waals surface area contributed by atoms with Crippen molar-refractivity contribution < 1.29 is 9.90 Å². The Bertz CT molecular complexity index is 1240. The number of nitrogens with zero attached hydrogens (tertiary/aromatic N) is 4. The molecule has 1 N–H and O–H groups in total. The van der Waals surface area contributed by atoms with E-state index in [0.29, 0.717) is 18.0 Å². The third-order valence-electron chi connectivity index (χ3n) is 6.71. The zero-order valence-electron chi connectivity index (χ0n) is 20.6. The van der Waals surface area contributed by atoms with Crippen molar-refractivity contribution in [2.75, 3.05) is 19.6 Å². The second-order valence-corrected chi connectivity index (χ2v) is 10.6. The van der Waals surface area contributed by atoms with Crippen molar-refractivity contribution in [2.24, 2.45) is 11.8 Å². The normalized spacial score (nSPS) is 16.0. The summed E-state index contributed by atoms with van der Waals surface area (Å²) in [6.07, 6.45) is 3.39. The van der Waals surface area contributed by atoms with Gasteiger partial charge < -0.3 is 10.0 Å². The van der Waals surface area contributed by atoms with Gasteiger partial charge in [0, 0.05) is 24.2 Å². The summed E-state index contributed by atoms with van der Waals surface area (Å²) in [6.45, 7) is 8.82. The topological polar surface area (TPSA) is 90.1 Å². The zero-order chi connectivity index (χ0) is 24.9. The predicted molar refractivity (Wildman–Crippen MR) is 139 cm³/mol. The first-order valence-corrected chi connectivity index (χ1v) is 13.1. The Balaban J connectivity index is 1.54. The Hall–Kier alpha value is -3.08. The van der Waals surface area contributed by atoms with Crippen LogP contribution in [0.4, 0.5) is 0 Å². The fourth-order valence-corrected chi connectivity index (χ4v) is 5.78. The molecule has 0 amide bonds. The van der Waals surface area contributed by atoms with Gasteiger partial charge in [-0.05, 0) is 60.9 Å². The summed E-state index contributed by atoms with van der Waals surface area (Å²) >= 11 is 1.56. The number of aliphatic carboxylic acids is 1. The van der Waals surface area contributed by atoms with Gasteiger partial charge in [0.15, 0.2) is 0 Å². The largest absolute Gasteiger partial charge is 0.481 e. The Morgan fingerprint density at radius 3 is 2.71 bits per heavy atom. The molecule has 7 heteroatoms. The molecule has 35 heavy (non-hydrogen) atoms. The van der Waals surface area contributed by atoms with Crippen LogP contribution in [0.2, 0.25) is 0 Å². The first-order chi connectivity index (χ1) is 16.9. The summed E-state index contributed by atoms with van der Waals surface area (Å²) in [7, 11) is 0. The molecule has 182 valence electrons. The number of nitriles is 1. The van der Waals surface area contributed by atoms with Crippen LogP contribution in [0.5, 0.6) is 0 Å². The Kier molecular flexibility index (Phi) is 7.94. The fourth-order valence-electron chi connectivity index (χ4n) is 4.88. The van der Waals surface area contributed by atoms with Crippen molar-refractivity contribution in [1.29, 1.82) is 5.26 Å². The van der Waals surface area contributed by atoms with E-state index in [1.54, 1.807) is 11.3 Å². The van der Waals surface area contributed by atoms with Crippen LogP contribution in [0.3, 0.4) is 0 Å². The molecule has 0 spiro atoms. The SMILES string of the molecule is CCc1c(CCN2CCC(C(=O)O)C2)cccc1-c1nnc(-c2ccc(CC(C)C)c(C#N)c2)s1. The Morgan fingerprint density at radius 2 is 2.03 bits per heavy atom. The lowest BCUT2D eigenvalue weighted by Gasteiger charge is -2.17. The number of hydrogen-bond donors (Lipinski definition) is 1. The van der Waals surface area contributed by atoms with Crippen LogP contribution in [0, 0.1) is 23.2 Å². The van der Waals surface area contributed by atoms with Crippen molar-refractivity contribution in [3.63, 3.8) is 0 Å². The minimum atomic E-state index is -0.688. The van der Waals surface area contributed by atoms with Gasteiger partial charge in [-0.2, -0.15) is 5.26 Å². The molecule has 1 unspecified atom stereocenters. The number of hydrogen-bond acceptors (Lipinski definition) is 6. The third-order valence-corrected chi connectivity index (χ3v) is 7.71. The van der Waals surface area contributed by atoms with E-state index in [0.717, 1.165) is 65.5 Å². The molecule has 1 aliphatic rings. The van der Waals surface area contributed by atoms with Gasteiger partial charge in [0.2, 0.25) is 0 Å². The number of carboxylic acids is 1. The van der Waals surface area contributed by atoms with Gasteiger partial charge in [-0.3, -0.25) is 4.79 Å². The van der Waals surface area contributed by atoms with Crippen molar-refractivity contribution in [2.45, 2.75) is 46.5 Å². The van der Waals surface area contributed by atoms with Crippen LogP contribution >= 0.6 is 11.3 Å². The van der Waals surface area contributed by atoms with E-state index in [-0.39, 0.29) is 5.92 Å². The molecule has 1 saturated heterocycles. The molecule has 1 aromatic heterocycles. The zero-order valence-corrected chi connectivity index (χ0v) is 21.4. The van der Waals surface area contributed by atoms with E-state index in [1.807, 2.05) is 18.2 Å². The highest BCUT2D eigenvalue weighted by molar-refractivity contribution is 7.17. The van der Waals surface area contributed by atoms with Crippen LogP contribution in [-0.4, -0.2) is 45.8 Å². The summed E-state index contributed by atoms with van der Waals surface area (Å²) in [5, 5.41) is 29.6. The average molecular weight is 489 g/mol. The molecule has 6 nitrogen and oxygen atoms in total. The maximum Gasteiger partial charge on any atom is 0.307 e. The summed E-state index contributed by atoms with van der Waals surface area (Å²) in [5.41, 5.74) is 6.37. The van der Waals surface area contributed by atoms with Crippen molar-refractivity contribution >= 4 is 17.3 Å². The van der Waals surface area contributed by atoms with Crippen LogP contribution in [0.25, 0.3) is 21.1 Å². The third kappa shape index (κ3) is 5.77. The smallest absolute Gasteiger partial charge is 0.307 e. The lowest BCUT2D eigenvalue weighted by molar-refractivity contribution is -0.141. The van der Waals surface area contributed by atoms with Crippen molar-refractivity contribution in [3.05, 3.63) is 58.7 Å². The van der Waals surface area contributed by atoms with E-state index in [4.69, 9.17) is 0 Å². The molecule has 0 bridgehead atoms. The highest BCUT2D eigenvalue weighted by Crippen LogP contribution is 2.34. The van der Waals surface area contributed by atoms with Gasteiger partial charge in [0.25, 0.3) is 0 Å². The van der Waals surface area contributed by atoms with Crippen LogP contribution in [0.15, 0.2) is 36.4 Å². The maximum atomic E-state index is 11.3. The number of carboxylic acid groups (broad SMARTS) is 1. The number of carbonyl (C=O) groups is 1. The summed E-state index contributed by atoms with van der Waals surface area (Å²) in [6, 6.07) is 14.7. The van der Waals surface area contributed by atoms with E-state index in [9.17, 15) is 15.2 Å². The number of benzene rings is 2. The quantitative estimate of drug-likeness (QED) is 0.430. The van der Waals surface area contributed by atoms with Gasteiger partial charge in [-0.25, -0.2) is 0 Å². The molecule has 0 saturated carbocycles. The number of aromatic nitrogens is 2. The molecule has 3 aromatic rings. The Labute approximate surface area is 211 Å². The second-order valence-electron chi connectivity index (χ2n) is 9.67. The first-order valence-electron chi connectivity index (χ1n) is 12.3. The van der Waals surface area contributed by atoms with Crippen LogP contribution in [0.1, 0.15) is 49.4 Å². The van der Waals surface area contributed by atoms with E-state index in [1.165, 1.54) is 11.1 Å². The maximum absolute atomic E-state index is 11.3. The molecule has 2 aromatic carbocycles. The highest BCUT2D eigenvalue weighted by atomic mass is 32.1. The van der Waals surface area contributed by atoms with Crippen LogP contribution in [-0.2, 0) is 24.1 Å². The van der Waals surface area contributed by atoms with E-state index in [2.05, 4.69) is 60.1 Å². The monoisotopic (exact) mass is 488 g/mol. The number of likely N-dealkylation sites (tertiary alicyclic amines) is 1. The van der Waals surface area contributed by atoms with E-state index < -0.39 is 5.97 Å². The van der Waals surface area contributed by atoms with Gasteiger partial charge in [0.05, 0.1) is 17.6 Å². The lowest BCUT2D eigenvalue weighted by Crippen LogP contribution is -2.25. The molecule has 4 rings (SSSR count). The molecule has 1 aliphatic heterocycles. The molecule has 1 fully saturated rings. The summed E-state index contributed by atoms with van der Waals surface area (Å²) in [4.78, 5) is 13.5. The second kappa shape index (κ2) is 11.1. The molecular weight excluding hydrogens is 456 g/mol. The van der Waals surface area contributed by atoms with Gasteiger partial charge >= 0.3 is 5.97 Å².